The monoisotopic (exact) mass is 92.1 g/mol. The van der Waals surface area contributed by atoms with Gasteiger partial charge in [0.05, 0.1) is 0 Å². The quantitative estimate of drug-likeness (QED) is 0.441. The van der Waals surface area contributed by atoms with Crippen molar-refractivity contribution in [2.45, 2.75) is 20.0 Å². The van der Waals surface area contributed by atoms with Gasteiger partial charge in [0.25, 0.3) is 0 Å². The van der Waals surface area contributed by atoms with E-state index < -0.39 is 0 Å². The molecule has 0 rings (SSSR count). The fourth-order valence-electron chi connectivity index (χ4n) is 0. The number of hydrogen-bond donors (Lipinski definition) is 2. The van der Waals surface area contributed by atoms with Crippen LogP contribution < -0.4 is 0 Å². The van der Waals surface area contributed by atoms with Gasteiger partial charge in [-0.05, 0) is 13.8 Å². The van der Waals surface area contributed by atoms with Crippen LogP contribution in [0.5, 0.6) is 0 Å². The minimum atomic E-state index is -0.167. The Hall–Kier alpha value is -0.0800. The van der Waals surface area contributed by atoms with Crippen molar-refractivity contribution in [2.24, 2.45) is 0 Å². The van der Waals surface area contributed by atoms with Crippen LogP contribution in [-0.2, 0) is 0 Å². The highest BCUT2D eigenvalue weighted by atomic mass is 16.3. The van der Waals surface area contributed by atoms with Crippen LogP contribution in [0.15, 0.2) is 0 Å². The van der Waals surface area contributed by atoms with E-state index in [1.807, 2.05) is 0 Å². The van der Waals surface area contributed by atoms with Crippen molar-refractivity contribution in [1.29, 1.82) is 0 Å². The second-order valence-corrected chi connectivity index (χ2v) is 1.09. The molecule has 2 nitrogen and oxygen atoms in total. The summed E-state index contributed by atoms with van der Waals surface area (Å²) < 4.78 is 0. The summed E-state index contributed by atoms with van der Waals surface area (Å²) in [6.07, 6.45) is -0.167. The van der Waals surface area contributed by atoms with E-state index in [1.165, 1.54) is 0 Å². The zero-order chi connectivity index (χ0) is 5.58. The summed E-state index contributed by atoms with van der Waals surface area (Å²) in [5.74, 6) is 0. The summed E-state index contributed by atoms with van der Waals surface area (Å²) in [5, 5.41) is 15.1. The molecule has 0 unspecified atom stereocenters. The lowest BCUT2D eigenvalue weighted by molar-refractivity contribution is 0.216. The van der Waals surface area contributed by atoms with Crippen molar-refractivity contribution in [1.82, 2.24) is 0 Å². The molecule has 2 heteroatoms. The number of aliphatic hydroxyl groups excluding tert-OH is 2. The number of aliphatic hydroxyl groups is 2. The van der Waals surface area contributed by atoms with Crippen molar-refractivity contribution >= 4 is 0 Å². The molecule has 0 aromatic carbocycles. The van der Waals surface area contributed by atoms with E-state index in [0.717, 1.165) is 7.11 Å². The van der Waals surface area contributed by atoms with E-state index in [-0.39, 0.29) is 6.10 Å². The maximum atomic E-state index is 8.06. The van der Waals surface area contributed by atoms with Crippen molar-refractivity contribution < 1.29 is 10.2 Å². The Balaban J connectivity index is 0. The summed E-state index contributed by atoms with van der Waals surface area (Å²) >= 11 is 0. The standard InChI is InChI=1S/C3H8O.CH4O/c1-3(2)4;1-2/h3-4H,1-2H3;2H,1H3. The molecule has 2 N–H and O–H groups in total. The van der Waals surface area contributed by atoms with Gasteiger partial charge in [-0.2, -0.15) is 0 Å². The SMILES string of the molecule is CC(C)O.CO. The fourth-order valence-corrected chi connectivity index (χ4v) is 0. The van der Waals surface area contributed by atoms with Gasteiger partial charge in [-0.15, -0.1) is 0 Å². The molecule has 0 radical (unpaired) electrons. The molecule has 0 fully saturated rings. The van der Waals surface area contributed by atoms with E-state index in [9.17, 15) is 0 Å². The van der Waals surface area contributed by atoms with Crippen LogP contribution in [0.3, 0.4) is 0 Å². The lowest BCUT2D eigenvalue weighted by atomic mass is 10.5. The Morgan fingerprint density at radius 2 is 1.17 bits per heavy atom. The minimum absolute atomic E-state index is 0.167. The van der Waals surface area contributed by atoms with E-state index in [1.54, 1.807) is 13.8 Å². The average Bonchev–Trinajstić information content (AvgIpc) is 1.41. The summed E-state index contributed by atoms with van der Waals surface area (Å²) in [6.45, 7) is 3.44. The molecule has 0 aliphatic rings. The van der Waals surface area contributed by atoms with Crippen LogP contribution in [0.4, 0.5) is 0 Å². The molecule has 0 saturated carbocycles. The summed E-state index contributed by atoms with van der Waals surface area (Å²) in [4.78, 5) is 0. The fraction of sp³-hybridized carbons (Fsp3) is 1.00. The molecular weight excluding hydrogens is 80.0 g/mol. The zero-order valence-electron chi connectivity index (χ0n) is 4.47. The van der Waals surface area contributed by atoms with E-state index in [4.69, 9.17) is 10.2 Å². The van der Waals surface area contributed by atoms with Crippen LogP contribution in [0, 0.1) is 0 Å². The highest BCUT2D eigenvalue weighted by Crippen LogP contribution is 1.65. The van der Waals surface area contributed by atoms with Gasteiger partial charge in [0, 0.05) is 13.2 Å². The molecule has 6 heavy (non-hydrogen) atoms. The predicted octanol–water partition coefficient (Wildman–Crippen LogP) is -0.00440. The molecule has 0 saturated heterocycles. The molecule has 0 atom stereocenters. The largest absolute Gasteiger partial charge is 0.400 e. The van der Waals surface area contributed by atoms with Crippen LogP contribution in [-0.4, -0.2) is 23.4 Å². The lowest BCUT2D eigenvalue weighted by Gasteiger charge is -1.80. The second-order valence-electron chi connectivity index (χ2n) is 1.09. The molecule has 0 heterocycles. The molecule has 0 aliphatic heterocycles. The Bertz CT molecular complexity index is 10.3. The van der Waals surface area contributed by atoms with Crippen LogP contribution in [0.25, 0.3) is 0 Å². The first-order valence-corrected chi connectivity index (χ1v) is 1.86. The van der Waals surface area contributed by atoms with E-state index >= 15 is 0 Å². The van der Waals surface area contributed by atoms with Gasteiger partial charge in [0.15, 0.2) is 0 Å². The molecular formula is C4H12O2. The molecule has 0 aromatic rings. The van der Waals surface area contributed by atoms with Crippen molar-refractivity contribution in [3.05, 3.63) is 0 Å². The second kappa shape index (κ2) is 8.87. The molecule has 0 bridgehead atoms. The van der Waals surface area contributed by atoms with Gasteiger partial charge in [-0.1, -0.05) is 0 Å². The Kier molecular flexibility index (Phi) is 13.8. The van der Waals surface area contributed by atoms with E-state index in [2.05, 4.69) is 0 Å². The van der Waals surface area contributed by atoms with Crippen LogP contribution >= 0.6 is 0 Å². The van der Waals surface area contributed by atoms with E-state index in [0.29, 0.717) is 0 Å². The summed E-state index contributed by atoms with van der Waals surface area (Å²) in [5.41, 5.74) is 0. The van der Waals surface area contributed by atoms with Gasteiger partial charge in [0.1, 0.15) is 0 Å². The minimum Gasteiger partial charge on any atom is -0.400 e. The first-order chi connectivity index (χ1) is 2.73. The predicted molar refractivity (Wildman–Crippen MR) is 25.5 cm³/mol. The maximum Gasteiger partial charge on any atom is 0.0483 e. The van der Waals surface area contributed by atoms with Gasteiger partial charge < -0.3 is 10.2 Å². The number of rotatable bonds is 0. The molecule has 0 aromatic heterocycles. The first kappa shape index (κ1) is 9.33. The van der Waals surface area contributed by atoms with Gasteiger partial charge in [-0.3, -0.25) is 0 Å². The summed E-state index contributed by atoms with van der Waals surface area (Å²) in [7, 11) is 1.00. The molecule has 0 aliphatic carbocycles. The van der Waals surface area contributed by atoms with Crippen molar-refractivity contribution in [3.63, 3.8) is 0 Å². The molecule has 0 amide bonds. The lowest BCUT2D eigenvalue weighted by Crippen LogP contribution is -1.85. The molecule has 40 valence electrons. The van der Waals surface area contributed by atoms with Crippen LogP contribution in [0.2, 0.25) is 0 Å². The van der Waals surface area contributed by atoms with Crippen LogP contribution in [0.1, 0.15) is 13.8 Å². The third kappa shape index (κ3) is 5220. The summed E-state index contributed by atoms with van der Waals surface area (Å²) in [6, 6.07) is 0. The average molecular weight is 92.1 g/mol. The van der Waals surface area contributed by atoms with Gasteiger partial charge in [-0.25, -0.2) is 0 Å². The molecule has 0 spiro atoms. The highest BCUT2D eigenvalue weighted by Gasteiger charge is 1.69. The number of hydrogen-bond acceptors (Lipinski definition) is 2. The maximum absolute atomic E-state index is 8.06. The normalized spacial score (nSPS) is 7.00. The highest BCUT2D eigenvalue weighted by molar-refractivity contribution is 4.20. The Labute approximate surface area is 38.4 Å². The first-order valence-electron chi connectivity index (χ1n) is 1.86. The van der Waals surface area contributed by atoms with Crippen molar-refractivity contribution in [2.75, 3.05) is 7.11 Å². The topological polar surface area (TPSA) is 40.5 Å². The third-order valence-corrected chi connectivity index (χ3v) is 0. The third-order valence-electron chi connectivity index (χ3n) is 0. The Morgan fingerprint density at radius 1 is 1.17 bits per heavy atom. The van der Waals surface area contributed by atoms with Gasteiger partial charge in [0.2, 0.25) is 0 Å². The smallest absolute Gasteiger partial charge is 0.0483 e. The van der Waals surface area contributed by atoms with Gasteiger partial charge >= 0.3 is 0 Å². The zero-order valence-corrected chi connectivity index (χ0v) is 4.47. The Morgan fingerprint density at radius 3 is 1.17 bits per heavy atom. The van der Waals surface area contributed by atoms with Crippen molar-refractivity contribution in [3.8, 4) is 0 Å².